The van der Waals surface area contributed by atoms with E-state index in [1.807, 2.05) is 0 Å². The molecule has 0 rings (SSSR count). The van der Waals surface area contributed by atoms with Crippen molar-refractivity contribution in [2.75, 3.05) is 7.05 Å². The van der Waals surface area contributed by atoms with Crippen molar-refractivity contribution in [3.05, 3.63) is 12.2 Å². The third kappa shape index (κ3) is 15.9. The van der Waals surface area contributed by atoms with E-state index in [2.05, 4.69) is 38.4 Å². The zero-order valence-electron chi connectivity index (χ0n) is 15.1. The quantitative estimate of drug-likeness (QED) is 0.249. The van der Waals surface area contributed by atoms with Crippen LogP contribution >= 0.6 is 0 Å². The number of rotatable bonds is 16. The van der Waals surface area contributed by atoms with Gasteiger partial charge in [0.15, 0.2) is 0 Å². The molecule has 0 fully saturated rings. The summed E-state index contributed by atoms with van der Waals surface area (Å²) in [7, 11) is 2.06. The summed E-state index contributed by atoms with van der Waals surface area (Å²) in [5.74, 6) is 0. The Morgan fingerprint density at radius 1 is 0.714 bits per heavy atom. The molecule has 1 unspecified atom stereocenters. The van der Waals surface area contributed by atoms with Gasteiger partial charge in [-0.05, 0) is 32.7 Å². The summed E-state index contributed by atoms with van der Waals surface area (Å²) in [5.41, 5.74) is 0. The first-order valence-electron chi connectivity index (χ1n) is 9.67. The highest BCUT2D eigenvalue weighted by Gasteiger charge is 1.97. The minimum atomic E-state index is 0.665. The Morgan fingerprint density at radius 2 is 1.24 bits per heavy atom. The van der Waals surface area contributed by atoms with Gasteiger partial charge < -0.3 is 5.32 Å². The molecule has 1 atom stereocenters. The lowest BCUT2D eigenvalue weighted by Crippen LogP contribution is -2.22. The van der Waals surface area contributed by atoms with E-state index in [9.17, 15) is 0 Å². The molecule has 1 nitrogen and oxygen atoms in total. The standard InChI is InChI=1S/C20H41N/c1-4-6-7-8-9-10-11-12-13-14-15-16-17-18-19-20(5-2)21-3/h17-18,20-21H,4-16,19H2,1-3H3/b18-17+. The zero-order chi connectivity index (χ0) is 15.6. The lowest BCUT2D eigenvalue weighted by Gasteiger charge is -2.09. The minimum Gasteiger partial charge on any atom is -0.317 e. The molecule has 1 heteroatoms. The molecule has 0 saturated carbocycles. The molecule has 0 aromatic heterocycles. The molecule has 0 aliphatic heterocycles. The van der Waals surface area contributed by atoms with Gasteiger partial charge in [0.2, 0.25) is 0 Å². The molecule has 0 amide bonds. The second-order valence-corrected chi connectivity index (χ2v) is 6.43. The SMILES string of the molecule is CCCCCCCCCCCCC/C=C/CC(CC)NC. The van der Waals surface area contributed by atoms with Gasteiger partial charge in [0.05, 0.1) is 0 Å². The van der Waals surface area contributed by atoms with Gasteiger partial charge in [0, 0.05) is 6.04 Å². The van der Waals surface area contributed by atoms with Crippen molar-refractivity contribution in [1.82, 2.24) is 5.32 Å². The lowest BCUT2D eigenvalue weighted by atomic mass is 10.0. The van der Waals surface area contributed by atoms with E-state index in [-0.39, 0.29) is 0 Å². The van der Waals surface area contributed by atoms with Crippen LogP contribution in [-0.4, -0.2) is 13.1 Å². The molecule has 1 N–H and O–H groups in total. The van der Waals surface area contributed by atoms with Crippen LogP contribution < -0.4 is 5.32 Å². The molecule has 0 aliphatic carbocycles. The van der Waals surface area contributed by atoms with Crippen LogP contribution in [0.4, 0.5) is 0 Å². The normalized spacial score (nSPS) is 13.1. The molecule has 0 aliphatic rings. The maximum Gasteiger partial charge on any atom is 0.00959 e. The number of unbranched alkanes of at least 4 members (excludes halogenated alkanes) is 11. The Balaban J connectivity index is 3.13. The fraction of sp³-hybridized carbons (Fsp3) is 0.900. The predicted molar refractivity (Wildman–Crippen MR) is 98.0 cm³/mol. The van der Waals surface area contributed by atoms with Gasteiger partial charge in [-0.2, -0.15) is 0 Å². The lowest BCUT2D eigenvalue weighted by molar-refractivity contribution is 0.547. The molecule has 0 bridgehead atoms. The van der Waals surface area contributed by atoms with Crippen LogP contribution in [0.15, 0.2) is 12.2 Å². The van der Waals surface area contributed by atoms with E-state index < -0.39 is 0 Å². The number of allylic oxidation sites excluding steroid dienone is 1. The smallest absolute Gasteiger partial charge is 0.00959 e. The van der Waals surface area contributed by atoms with Crippen LogP contribution in [0.1, 0.15) is 104 Å². The molecule has 21 heavy (non-hydrogen) atoms. The Bertz CT molecular complexity index is 206. The van der Waals surface area contributed by atoms with Crippen molar-refractivity contribution in [2.45, 2.75) is 110 Å². The minimum absolute atomic E-state index is 0.665. The van der Waals surface area contributed by atoms with Crippen molar-refractivity contribution >= 4 is 0 Å². The van der Waals surface area contributed by atoms with Crippen molar-refractivity contribution < 1.29 is 0 Å². The summed E-state index contributed by atoms with van der Waals surface area (Å²) in [6.07, 6.45) is 24.2. The van der Waals surface area contributed by atoms with Gasteiger partial charge in [0.25, 0.3) is 0 Å². The molecule has 0 heterocycles. The predicted octanol–water partition coefficient (Wildman–Crippen LogP) is 6.63. The average molecular weight is 296 g/mol. The molecule has 0 spiro atoms. The second-order valence-electron chi connectivity index (χ2n) is 6.43. The van der Waals surface area contributed by atoms with Gasteiger partial charge in [-0.15, -0.1) is 0 Å². The summed E-state index contributed by atoms with van der Waals surface area (Å²) >= 11 is 0. The Hall–Kier alpha value is -0.300. The van der Waals surface area contributed by atoms with Crippen LogP contribution in [0.2, 0.25) is 0 Å². The third-order valence-corrected chi connectivity index (χ3v) is 4.46. The van der Waals surface area contributed by atoms with Crippen LogP contribution in [0.5, 0.6) is 0 Å². The monoisotopic (exact) mass is 295 g/mol. The summed E-state index contributed by atoms with van der Waals surface area (Å²) in [6, 6.07) is 0.665. The molecule has 126 valence electrons. The fourth-order valence-electron chi connectivity index (χ4n) is 2.79. The van der Waals surface area contributed by atoms with Crippen molar-refractivity contribution in [3.63, 3.8) is 0 Å². The van der Waals surface area contributed by atoms with Gasteiger partial charge in [0.1, 0.15) is 0 Å². The van der Waals surface area contributed by atoms with Crippen LogP contribution in [0.25, 0.3) is 0 Å². The van der Waals surface area contributed by atoms with Crippen LogP contribution in [-0.2, 0) is 0 Å². The number of nitrogens with one attached hydrogen (secondary N) is 1. The average Bonchev–Trinajstić information content (AvgIpc) is 2.51. The second kappa shape index (κ2) is 17.8. The largest absolute Gasteiger partial charge is 0.317 e. The maximum atomic E-state index is 3.35. The topological polar surface area (TPSA) is 12.0 Å². The molecule has 0 radical (unpaired) electrons. The van der Waals surface area contributed by atoms with Crippen LogP contribution in [0.3, 0.4) is 0 Å². The van der Waals surface area contributed by atoms with E-state index in [4.69, 9.17) is 0 Å². The first-order valence-corrected chi connectivity index (χ1v) is 9.67. The summed E-state index contributed by atoms with van der Waals surface area (Å²) in [4.78, 5) is 0. The summed E-state index contributed by atoms with van der Waals surface area (Å²) < 4.78 is 0. The Labute approximate surface area is 135 Å². The van der Waals surface area contributed by atoms with Crippen molar-refractivity contribution in [2.24, 2.45) is 0 Å². The van der Waals surface area contributed by atoms with E-state index in [1.165, 1.54) is 89.9 Å². The van der Waals surface area contributed by atoms with E-state index in [0.29, 0.717) is 6.04 Å². The van der Waals surface area contributed by atoms with Gasteiger partial charge in [-0.1, -0.05) is 90.2 Å². The summed E-state index contributed by atoms with van der Waals surface area (Å²) in [6.45, 7) is 4.54. The maximum absolute atomic E-state index is 3.35. The van der Waals surface area contributed by atoms with Gasteiger partial charge >= 0.3 is 0 Å². The fourth-order valence-corrected chi connectivity index (χ4v) is 2.79. The van der Waals surface area contributed by atoms with Gasteiger partial charge in [-0.3, -0.25) is 0 Å². The first kappa shape index (κ1) is 20.7. The number of hydrogen-bond acceptors (Lipinski definition) is 1. The van der Waals surface area contributed by atoms with E-state index >= 15 is 0 Å². The molecule has 0 aromatic carbocycles. The highest BCUT2D eigenvalue weighted by atomic mass is 14.9. The van der Waals surface area contributed by atoms with E-state index in [0.717, 1.165) is 0 Å². The Kier molecular flexibility index (Phi) is 17.5. The highest BCUT2D eigenvalue weighted by Crippen LogP contribution is 2.12. The third-order valence-electron chi connectivity index (χ3n) is 4.46. The van der Waals surface area contributed by atoms with Crippen molar-refractivity contribution in [1.29, 1.82) is 0 Å². The Morgan fingerprint density at radius 3 is 1.71 bits per heavy atom. The molecule has 0 aromatic rings. The molecular weight excluding hydrogens is 254 g/mol. The number of hydrogen-bond donors (Lipinski definition) is 1. The molecule has 0 saturated heterocycles. The van der Waals surface area contributed by atoms with Gasteiger partial charge in [-0.25, -0.2) is 0 Å². The highest BCUT2D eigenvalue weighted by molar-refractivity contribution is 4.85. The van der Waals surface area contributed by atoms with E-state index in [1.54, 1.807) is 0 Å². The van der Waals surface area contributed by atoms with Crippen molar-refractivity contribution in [3.8, 4) is 0 Å². The zero-order valence-corrected chi connectivity index (χ0v) is 15.1. The van der Waals surface area contributed by atoms with Crippen LogP contribution in [0, 0.1) is 0 Å². The first-order chi connectivity index (χ1) is 10.3. The summed E-state index contributed by atoms with van der Waals surface area (Å²) in [5, 5.41) is 3.35. The molecular formula is C20H41N.